The number of hydroxylamine groups is 1. The number of hydrogen-bond donors (Lipinski definition) is 3. The smallest absolute Gasteiger partial charge is 0.460 e. The van der Waals surface area contributed by atoms with Gasteiger partial charge in [-0.2, -0.15) is 74.6 Å². The van der Waals surface area contributed by atoms with Crippen molar-refractivity contribution in [3.8, 4) is 5.75 Å². The lowest BCUT2D eigenvalue weighted by molar-refractivity contribution is -0.461. The van der Waals surface area contributed by atoms with Gasteiger partial charge in [-0.3, -0.25) is 10.0 Å². The van der Waals surface area contributed by atoms with Crippen molar-refractivity contribution in [3.63, 3.8) is 0 Å². The molecule has 0 radical (unpaired) electrons. The first-order valence-corrected chi connectivity index (χ1v) is 18.6. The monoisotopic (exact) mass is 885 g/mol. The third-order valence-corrected chi connectivity index (χ3v) is 15.2. The van der Waals surface area contributed by atoms with Gasteiger partial charge in [-0.05, 0) is 54.2 Å². The Morgan fingerprint density at radius 1 is 0.702 bits per heavy atom. The Balaban J connectivity index is 3.28. The molecule has 25 heteroatoms. The Morgan fingerprint density at radius 2 is 1.12 bits per heavy atom. The number of carbonyl (C=O) groups excluding carboxylic acids is 1. The zero-order chi connectivity index (χ0) is 45.2. The summed E-state index contributed by atoms with van der Waals surface area (Å²) in [6.45, 7) is 7.09. The molecule has 0 unspecified atom stereocenters. The summed E-state index contributed by atoms with van der Waals surface area (Å²) in [5.74, 6) is -57.5. The molecule has 1 aromatic carbocycles. The highest BCUT2D eigenvalue weighted by molar-refractivity contribution is 6.76. The van der Waals surface area contributed by atoms with Crippen molar-refractivity contribution in [1.82, 2.24) is 5.48 Å². The van der Waals surface area contributed by atoms with E-state index in [1.54, 1.807) is 0 Å². The molecule has 0 saturated heterocycles. The lowest BCUT2D eigenvalue weighted by Crippen LogP contribution is -2.74. The zero-order valence-corrected chi connectivity index (χ0v) is 31.9. The Bertz CT molecular complexity index is 1530. The van der Waals surface area contributed by atoms with E-state index in [9.17, 15) is 84.5 Å². The SMILES string of the molecule is CO[C@@H](/C(C)=C(\C)C(=O)NO)[C@@H](O)c1ccc(OCCO[Si](CCC(F)(F)C(F)(F)C(F)(F)C(F)(F)C(F)(F)C(F)(F)C(F)(F)C(F)(F)F)(C(C)C)C(C)C)cc1. The first-order chi connectivity index (χ1) is 25.4. The summed E-state index contributed by atoms with van der Waals surface area (Å²) in [6, 6.07) is 4.06. The Kier molecular flexibility index (Phi) is 16.2. The first kappa shape index (κ1) is 52.1. The second kappa shape index (κ2) is 17.8. The first-order valence-electron chi connectivity index (χ1n) is 16.4. The summed E-state index contributed by atoms with van der Waals surface area (Å²) in [4.78, 5) is 11.7. The number of ether oxygens (including phenoxy) is 2. The summed E-state index contributed by atoms with van der Waals surface area (Å²) in [7, 11) is -2.74. The highest BCUT2D eigenvalue weighted by Crippen LogP contribution is 2.64. The van der Waals surface area contributed by atoms with Crippen LogP contribution < -0.4 is 10.2 Å². The number of carbonyl (C=O) groups is 1. The van der Waals surface area contributed by atoms with Gasteiger partial charge in [0.25, 0.3) is 5.91 Å². The maximum Gasteiger partial charge on any atom is 0.460 e. The quantitative estimate of drug-likeness (QED) is 0.0284. The van der Waals surface area contributed by atoms with Gasteiger partial charge in [0.1, 0.15) is 24.6 Å². The predicted molar refractivity (Wildman–Crippen MR) is 168 cm³/mol. The number of methoxy groups -OCH3 is 1. The maximum absolute atomic E-state index is 14.9. The van der Waals surface area contributed by atoms with Crippen LogP contribution in [0.5, 0.6) is 5.75 Å². The minimum absolute atomic E-state index is 0.0349. The molecule has 7 nitrogen and oxygen atoms in total. The molecule has 0 fully saturated rings. The number of nitrogens with one attached hydrogen (secondary N) is 1. The van der Waals surface area contributed by atoms with Crippen LogP contribution in [0.3, 0.4) is 0 Å². The standard InChI is InChI=1S/C32H40F17NO6Si/c1-16(2)57(17(3)4,56-14-13-55-21-10-8-20(9-11-21)22(51)23(54-7)18(5)19(6)24(52)50-53)15-12-25(33,34)26(35,36)27(37,38)28(39,40)29(41,42)30(43,44)31(45,46)32(47,48)49/h8-11,16-17,22-23,51,53H,12-15H2,1-7H3,(H,50,52)/b19-18+/t22-,23-/m0/s1. The number of amides is 1. The molecule has 0 aromatic heterocycles. The normalized spacial score (nSPS) is 16.1. The fraction of sp³-hybridized carbons (Fsp3) is 0.719. The Hall–Kier alpha value is -2.90. The minimum Gasteiger partial charge on any atom is -0.491 e. The van der Waals surface area contributed by atoms with Gasteiger partial charge >= 0.3 is 47.6 Å². The van der Waals surface area contributed by atoms with Crippen LogP contribution in [0.2, 0.25) is 17.1 Å². The Morgan fingerprint density at radius 3 is 1.51 bits per heavy atom. The van der Waals surface area contributed by atoms with E-state index in [0.29, 0.717) is 0 Å². The molecule has 57 heavy (non-hydrogen) atoms. The number of halogens is 17. The van der Waals surface area contributed by atoms with Crippen molar-refractivity contribution < 1.29 is 104 Å². The average molecular weight is 886 g/mol. The molecule has 2 atom stereocenters. The van der Waals surface area contributed by atoms with Crippen LogP contribution >= 0.6 is 0 Å². The topological polar surface area (TPSA) is 97.3 Å². The molecule has 0 bridgehead atoms. The molecule has 0 aliphatic rings. The number of aliphatic hydroxyl groups excluding tert-OH is 1. The molecular formula is C32H40F17NO6Si. The maximum atomic E-state index is 14.9. The average Bonchev–Trinajstić information content (AvgIpc) is 3.09. The highest BCUT2D eigenvalue weighted by atomic mass is 28.4. The summed E-state index contributed by atoms with van der Waals surface area (Å²) in [5, 5.41) is 19.7. The van der Waals surface area contributed by atoms with E-state index in [0.717, 1.165) is 0 Å². The van der Waals surface area contributed by atoms with Gasteiger partial charge in [0.15, 0.2) is 8.32 Å². The summed E-state index contributed by atoms with van der Waals surface area (Å²) in [5.41, 5.74) is 0.210. The van der Waals surface area contributed by atoms with Crippen molar-refractivity contribution in [1.29, 1.82) is 0 Å². The molecule has 0 saturated carbocycles. The van der Waals surface area contributed by atoms with E-state index in [1.165, 1.54) is 78.4 Å². The molecule has 0 heterocycles. The van der Waals surface area contributed by atoms with E-state index in [4.69, 9.17) is 19.1 Å². The van der Waals surface area contributed by atoms with Crippen molar-refractivity contribution in [2.45, 2.75) is 125 Å². The summed E-state index contributed by atoms with van der Waals surface area (Å²) < 4.78 is 251. The van der Waals surface area contributed by atoms with Gasteiger partial charge in [-0.25, -0.2) is 5.48 Å². The van der Waals surface area contributed by atoms with Crippen LogP contribution in [0.25, 0.3) is 0 Å². The van der Waals surface area contributed by atoms with Crippen LogP contribution in [0.15, 0.2) is 35.4 Å². The zero-order valence-electron chi connectivity index (χ0n) is 30.9. The van der Waals surface area contributed by atoms with Crippen LogP contribution in [0.4, 0.5) is 74.6 Å². The Labute approximate surface area is 315 Å². The molecule has 1 rings (SSSR count). The van der Waals surface area contributed by atoms with Gasteiger partial charge in [0.05, 0.1) is 6.61 Å². The molecule has 0 aliphatic carbocycles. The van der Waals surface area contributed by atoms with E-state index in [1.807, 2.05) is 0 Å². The number of rotatable bonds is 21. The number of aliphatic hydroxyl groups is 1. The lowest BCUT2D eigenvalue weighted by atomic mass is 9.88. The lowest BCUT2D eigenvalue weighted by Gasteiger charge is -2.44. The molecule has 0 spiro atoms. The molecule has 1 aromatic rings. The van der Waals surface area contributed by atoms with E-state index in [-0.39, 0.29) is 22.5 Å². The largest absolute Gasteiger partial charge is 0.491 e. The summed E-state index contributed by atoms with van der Waals surface area (Å²) in [6.07, 6.45) is -12.8. The fourth-order valence-electron chi connectivity index (χ4n) is 5.70. The van der Waals surface area contributed by atoms with Crippen molar-refractivity contribution >= 4 is 14.2 Å². The predicted octanol–water partition coefficient (Wildman–Crippen LogP) is 10.1. The molecule has 3 N–H and O–H groups in total. The second-order valence-corrected chi connectivity index (χ2v) is 18.5. The number of alkyl halides is 17. The van der Waals surface area contributed by atoms with E-state index in [2.05, 4.69) is 0 Å². The third-order valence-electron chi connectivity index (χ3n) is 9.52. The van der Waals surface area contributed by atoms with Crippen molar-refractivity contribution in [2.24, 2.45) is 0 Å². The third kappa shape index (κ3) is 9.45. The molecular weight excluding hydrogens is 845 g/mol. The van der Waals surface area contributed by atoms with Gasteiger partial charge < -0.3 is 19.0 Å². The highest BCUT2D eigenvalue weighted by Gasteiger charge is 2.95. The van der Waals surface area contributed by atoms with Crippen LogP contribution in [-0.4, -0.2) is 98.6 Å². The summed E-state index contributed by atoms with van der Waals surface area (Å²) >= 11 is 0. The number of hydrogen-bond acceptors (Lipinski definition) is 6. The molecule has 0 aliphatic heterocycles. The van der Waals surface area contributed by atoms with Gasteiger partial charge in [0.2, 0.25) is 0 Å². The van der Waals surface area contributed by atoms with Crippen LogP contribution in [0, 0.1) is 0 Å². The number of benzene rings is 1. The molecule has 1 amide bonds. The van der Waals surface area contributed by atoms with Gasteiger partial charge in [-0.1, -0.05) is 39.8 Å². The second-order valence-electron chi connectivity index (χ2n) is 13.5. The van der Waals surface area contributed by atoms with E-state index < -0.39 is 111 Å². The van der Waals surface area contributed by atoms with Crippen LogP contribution in [0.1, 0.15) is 59.6 Å². The van der Waals surface area contributed by atoms with Crippen molar-refractivity contribution in [2.75, 3.05) is 20.3 Å². The minimum atomic E-state index is -8.69. The molecule has 332 valence electrons. The van der Waals surface area contributed by atoms with Crippen molar-refractivity contribution in [3.05, 3.63) is 41.0 Å². The van der Waals surface area contributed by atoms with E-state index >= 15 is 0 Å². The van der Waals surface area contributed by atoms with Gasteiger partial charge in [-0.15, -0.1) is 0 Å². The van der Waals surface area contributed by atoms with Gasteiger partial charge in [0, 0.05) is 19.1 Å². The van der Waals surface area contributed by atoms with Crippen LogP contribution in [-0.2, 0) is 14.0 Å². The fourth-order valence-corrected chi connectivity index (χ4v) is 10.2.